The Morgan fingerprint density at radius 2 is 1.82 bits per heavy atom. The normalized spacial score (nSPS) is 9.88. The third-order valence-corrected chi connectivity index (χ3v) is 2.05. The second-order valence-electron chi connectivity index (χ2n) is 3.10. The van der Waals surface area contributed by atoms with Crippen molar-refractivity contribution in [2.45, 2.75) is 0 Å². The quantitative estimate of drug-likeness (QED) is 0.593. The maximum atomic E-state index is 13.4. The highest BCUT2D eigenvalue weighted by molar-refractivity contribution is 6.30. The van der Waals surface area contributed by atoms with Crippen LogP contribution in [-0.4, -0.2) is 19.0 Å². The number of hydrogen-bond donors (Lipinski definition) is 2. The Bertz CT molecular complexity index is 465. The van der Waals surface area contributed by atoms with Crippen LogP contribution in [0.25, 0.3) is 0 Å². The van der Waals surface area contributed by atoms with Crippen molar-refractivity contribution in [3.05, 3.63) is 28.8 Å². The molecule has 1 aromatic carbocycles. The number of benzene rings is 1. The first-order valence-electron chi connectivity index (χ1n) is 4.34. The van der Waals surface area contributed by atoms with Crippen LogP contribution < -0.4 is 16.4 Å². The maximum Gasteiger partial charge on any atom is 0.351 e. The van der Waals surface area contributed by atoms with E-state index in [0.29, 0.717) is 4.90 Å². The topological polar surface area (TPSA) is 84.7 Å². The van der Waals surface area contributed by atoms with E-state index in [9.17, 15) is 13.6 Å². The maximum absolute atomic E-state index is 13.4. The molecule has 0 aliphatic heterocycles. The molecule has 17 heavy (non-hydrogen) atoms. The number of nitrogens with two attached hydrogens (primary N) is 2. The van der Waals surface area contributed by atoms with Gasteiger partial charge >= 0.3 is 6.03 Å². The van der Waals surface area contributed by atoms with Gasteiger partial charge in [-0.2, -0.15) is 4.99 Å². The minimum absolute atomic E-state index is 0.119. The van der Waals surface area contributed by atoms with Crippen LogP contribution >= 0.6 is 11.6 Å². The molecule has 0 spiro atoms. The van der Waals surface area contributed by atoms with Gasteiger partial charge in [0.15, 0.2) is 17.6 Å². The molecule has 0 aromatic heterocycles. The van der Waals surface area contributed by atoms with E-state index < -0.39 is 29.3 Å². The Kier molecular flexibility index (Phi) is 3.84. The molecular formula is C9H9ClF2N4O. The zero-order valence-corrected chi connectivity index (χ0v) is 9.50. The molecule has 0 saturated carbocycles. The van der Waals surface area contributed by atoms with Crippen molar-refractivity contribution in [3.8, 4) is 0 Å². The molecule has 0 fully saturated rings. The monoisotopic (exact) mass is 262 g/mol. The van der Waals surface area contributed by atoms with E-state index >= 15 is 0 Å². The minimum atomic E-state index is -0.995. The summed E-state index contributed by atoms with van der Waals surface area (Å²) in [6.45, 7) is 0. The summed E-state index contributed by atoms with van der Waals surface area (Å²) in [5, 5.41) is -0.119. The molecule has 4 N–H and O–H groups in total. The molecule has 0 aliphatic carbocycles. The summed E-state index contributed by atoms with van der Waals surface area (Å²) < 4.78 is 26.9. The second-order valence-corrected chi connectivity index (χ2v) is 3.53. The Morgan fingerprint density at radius 3 is 2.24 bits per heavy atom. The zero-order chi connectivity index (χ0) is 13.2. The van der Waals surface area contributed by atoms with Crippen molar-refractivity contribution in [2.24, 2.45) is 16.5 Å². The van der Waals surface area contributed by atoms with E-state index in [-0.39, 0.29) is 5.02 Å². The number of amides is 2. The third-order valence-electron chi connectivity index (χ3n) is 1.83. The predicted octanol–water partition coefficient (Wildman–Crippen LogP) is 1.45. The van der Waals surface area contributed by atoms with Crippen LogP contribution in [0.1, 0.15) is 0 Å². The van der Waals surface area contributed by atoms with E-state index in [1.165, 1.54) is 0 Å². The van der Waals surface area contributed by atoms with Crippen molar-refractivity contribution < 1.29 is 13.6 Å². The lowest BCUT2D eigenvalue weighted by molar-refractivity contribution is 0.255. The number of carbonyl (C=O) groups excluding carboxylic acids is 1. The van der Waals surface area contributed by atoms with Gasteiger partial charge in [0.25, 0.3) is 0 Å². The summed E-state index contributed by atoms with van der Waals surface area (Å²) in [7, 11) is 1.13. The number of halogens is 3. The fourth-order valence-electron chi connectivity index (χ4n) is 1.14. The molecule has 0 unspecified atom stereocenters. The Morgan fingerprint density at radius 1 is 1.35 bits per heavy atom. The van der Waals surface area contributed by atoms with Gasteiger partial charge in [-0.3, -0.25) is 4.90 Å². The van der Waals surface area contributed by atoms with Crippen LogP contribution in [0.3, 0.4) is 0 Å². The van der Waals surface area contributed by atoms with Crippen molar-refractivity contribution in [1.82, 2.24) is 0 Å². The van der Waals surface area contributed by atoms with E-state index in [2.05, 4.69) is 4.99 Å². The van der Waals surface area contributed by atoms with Crippen molar-refractivity contribution in [3.63, 3.8) is 0 Å². The number of guanidine groups is 1. The first kappa shape index (κ1) is 13.2. The number of anilines is 1. The molecule has 92 valence electrons. The van der Waals surface area contributed by atoms with Gasteiger partial charge < -0.3 is 11.5 Å². The van der Waals surface area contributed by atoms with Crippen LogP contribution in [0, 0.1) is 11.6 Å². The molecule has 0 radical (unpaired) electrons. The second kappa shape index (κ2) is 4.96. The molecule has 2 amide bonds. The van der Waals surface area contributed by atoms with E-state index in [4.69, 9.17) is 23.1 Å². The van der Waals surface area contributed by atoms with Gasteiger partial charge in [-0.15, -0.1) is 0 Å². The number of hydrogen-bond acceptors (Lipinski definition) is 1. The van der Waals surface area contributed by atoms with Crippen LogP contribution in [-0.2, 0) is 0 Å². The van der Waals surface area contributed by atoms with E-state index in [1.807, 2.05) is 0 Å². The lowest BCUT2D eigenvalue weighted by Crippen LogP contribution is -2.31. The van der Waals surface area contributed by atoms with Gasteiger partial charge in [-0.1, -0.05) is 11.6 Å². The Balaban J connectivity index is 3.17. The average molecular weight is 263 g/mol. The molecule has 0 heterocycles. The van der Waals surface area contributed by atoms with Crippen molar-refractivity contribution in [1.29, 1.82) is 0 Å². The number of aliphatic imine (C=N–C) groups is 1. The van der Waals surface area contributed by atoms with Gasteiger partial charge in [0.05, 0.1) is 0 Å². The van der Waals surface area contributed by atoms with Gasteiger partial charge in [-0.05, 0) is 12.1 Å². The van der Waals surface area contributed by atoms with Gasteiger partial charge in [-0.25, -0.2) is 13.6 Å². The molecule has 1 aromatic rings. The average Bonchev–Trinajstić information content (AvgIpc) is 2.14. The first-order valence-corrected chi connectivity index (χ1v) is 4.72. The highest BCUT2D eigenvalue weighted by Crippen LogP contribution is 2.26. The fourth-order valence-corrected chi connectivity index (χ4v) is 1.33. The van der Waals surface area contributed by atoms with Crippen molar-refractivity contribution >= 4 is 29.3 Å². The van der Waals surface area contributed by atoms with Gasteiger partial charge in [0.1, 0.15) is 5.69 Å². The van der Waals surface area contributed by atoms with E-state index in [1.54, 1.807) is 0 Å². The summed E-state index contributed by atoms with van der Waals surface area (Å²) in [5.41, 5.74) is 9.38. The van der Waals surface area contributed by atoms with Crippen LogP contribution in [0.5, 0.6) is 0 Å². The molecule has 0 aliphatic rings. The summed E-state index contributed by atoms with van der Waals surface area (Å²) >= 11 is 5.44. The zero-order valence-electron chi connectivity index (χ0n) is 8.75. The number of rotatable bonds is 1. The highest BCUT2D eigenvalue weighted by atomic mass is 35.5. The number of nitrogens with zero attached hydrogens (tertiary/aromatic N) is 2. The third kappa shape index (κ3) is 3.04. The molecule has 0 saturated heterocycles. The van der Waals surface area contributed by atoms with Crippen molar-refractivity contribution in [2.75, 3.05) is 11.9 Å². The Hall–Kier alpha value is -1.89. The molecule has 8 heteroatoms. The van der Waals surface area contributed by atoms with Crippen LogP contribution in [0.4, 0.5) is 19.3 Å². The summed E-state index contributed by atoms with van der Waals surface area (Å²) in [6, 6.07) is 0.753. The Labute approximate surface area is 101 Å². The summed E-state index contributed by atoms with van der Waals surface area (Å²) in [6.07, 6.45) is 0. The first-order chi connectivity index (χ1) is 7.82. The lowest BCUT2D eigenvalue weighted by Gasteiger charge is -2.16. The lowest BCUT2D eigenvalue weighted by atomic mass is 10.2. The highest BCUT2D eigenvalue weighted by Gasteiger charge is 2.19. The van der Waals surface area contributed by atoms with Gasteiger partial charge in [0, 0.05) is 12.1 Å². The predicted molar refractivity (Wildman–Crippen MR) is 61.0 cm³/mol. The van der Waals surface area contributed by atoms with Gasteiger partial charge in [0.2, 0.25) is 0 Å². The SMILES string of the molecule is CN(C(=O)N=C(N)N)c1c(F)cc(Cl)cc1F. The van der Waals surface area contributed by atoms with E-state index in [0.717, 1.165) is 19.2 Å². The molecule has 5 nitrogen and oxygen atoms in total. The standard InChI is InChI=1S/C9H9ClF2N4O/c1-16(9(17)15-8(13)14)7-5(11)2-4(10)3-6(7)12/h2-3H,1H3,(H4,13,14,15,17). The summed E-state index contributed by atoms with van der Waals surface area (Å²) in [4.78, 5) is 15.1. The smallest absolute Gasteiger partial charge is 0.351 e. The molecule has 0 bridgehead atoms. The summed E-state index contributed by atoms with van der Waals surface area (Å²) in [5.74, 6) is -2.48. The number of urea groups is 1. The van der Waals surface area contributed by atoms with Crippen LogP contribution in [0.2, 0.25) is 5.02 Å². The molecule has 1 rings (SSSR count). The fraction of sp³-hybridized carbons (Fsp3) is 0.111. The molecular weight excluding hydrogens is 254 g/mol. The van der Waals surface area contributed by atoms with Crippen LogP contribution in [0.15, 0.2) is 17.1 Å². The number of carbonyl (C=O) groups is 1. The molecule has 0 atom stereocenters. The largest absolute Gasteiger partial charge is 0.370 e. The minimum Gasteiger partial charge on any atom is -0.370 e.